The predicted molar refractivity (Wildman–Crippen MR) is 76.4 cm³/mol. The second kappa shape index (κ2) is 6.89. The molecule has 1 aliphatic rings. The van der Waals surface area contributed by atoms with Crippen molar-refractivity contribution in [3.05, 3.63) is 16.3 Å². The molecule has 0 amide bonds. The summed E-state index contributed by atoms with van der Waals surface area (Å²) in [6.07, 6.45) is 6.49. The highest BCUT2D eigenvalue weighted by atomic mass is 16.2. The van der Waals surface area contributed by atoms with E-state index >= 15 is 0 Å². The van der Waals surface area contributed by atoms with Crippen molar-refractivity contribution in [3.63, 3.8) is 0 Å². The average Bonchev–Trinajstić information content (AvgIpc) is 2.75. The van der Waals surface area contributed by atoms with Gasteiger partial charge in [-0.2, -0.15) is 5.10 Å². The zero-order chi connectivity index (χ0) is 13.7. The van der Waals surface area contributed by atoms with Crippen molar-refractivity contribution in [2.75, 3.05) is 6.54 Å². The predicted octanol–water partition coefficient (Wildman–Crippen LogP) is 1.55. The SMILES string of the molecule is CCNC(CC)CCCn1nc2n(c1=O)CCCC2. The van der Waals surface area contributed by atoms with Crippen LogP contribution in [0, 0.1) is 0 Å². The highest BCUT2D eigenvalue weighted by Gasteiger charge is 2.16. The highest BCUT2D eigenvalue weighted by molar-refractivity contribution is 4.91. The van der Waals surface area contributed by atoms with Gasteiger partial charge in [0.1, 0.15) is 5.82 Å². The van der Waals surface area contributed by atoms with Crippen LogP contribution in [-0.4, -0.2) is 26.9 Å². The van der Waals surface area contributed by atoms with Crippen LogP contribution in [-0.2, 0) is 19.5 Å². The van der Waals surface area contributed by atoms with Crippen molar-refractivity contribution in [3.8, 4) is 0 Å². The maximum Gasteiger partial charge on any atom is 0.345 e. The van der Waals surface area contributed by atoms with E-state index < -0.39 is 0 Å². The molecule has 0 bridgehead atoms. The van der Waals surface area contributed by atoms with Crippen molar-refractivity contribution in [2.45, 2.75) is 71.5 Å². The number of hydrogen-bond acceptors (Lipinski definition) is 3. The van der Waals surface area contributed by atoms with E-state index in [0.29, 0.717) is 6.04 Å². The van der Waals surface area contributed by atoms with Gasteiger partial charge < -0.3 is 5.32 Å². The first-order valence-electron chi connectivity index (χ1n) is 7.66. The van der Waals surface area contributed by atoms with E-state index in [1.165, 1.54) is 0 Å². The topological polar surface area (TPSA) is 51.9 Å². The van der Waals surface area contributed by atoms with Crippen LogP contribution in [0.25, 0.3) is 0 Å². The Morgan fingerprint density at radius 2 is 2.21 bits per heavy atom. The van der Waals surface area contributed by atoms with Crippen LogP contribution in [0.1, 0.15) is 51.8 Å². The zero-order valence-corrected chi connectivity index (χ0v) is 12.2. The van der Waals surface area contributed by atoms with Crippen molar-refractivity contribution in [2.24, 2.45) is 0 Å². The largest absolute Gasteiger partial charge is 0.345 e. The number of aryl methyl sites for hydroxylation is 2. The summed E-state index contributed by atoms with van der Waals surface area (Å²) < 4.78 is 3.52. The molecule has 0 fully saturated rings. The molecule has 1 aromatic rings. The standard InChI is InChI=1S/C14H26N4O/c1-3-12(15-4-2)8-7-11-18-14(19)17-10-6-5-9-13(17)16-18/h12,15H,3-11H2,1-2H3. The Hall–Kier alpha value is -1.10. The Morgan fingerprint density at radius 1 is 1.37 bits per heavy atom. The monoisotopic (exact) mass is 266 g/mol. The second-order valence-electron chi connectivity index (χ2n) is 5.34. The lowest BCUT2D eigenvalue weighted by Crippen LogP contribution is -2.30. The van der Waals surface area contributed by atoms with Crippen molar-refractivity contribution in [1.82, 2.24) is 19.7 Å². The summed E-state index contributed by atoms with van der Waals surface area (Å²) in [6.45, 7) is 6.95. The third-order valence-corrected chi connectivity index (χ3v) is 3.94. The molecule has 2 heterocycles. The third kappa shape index (κ3) is 3.47. The molecule has 108 valence electrons. The first-order valence-corrected chi connectivity index (χ1v) is 7.66. The summed E-state index contributed by atoms with van der Waals surface area (Å²) in [5.74, 6) is 0.981. The molecule has 0 saturated heterocycles. The summed E-state index contributed by atoms with van der Waals surface area (Å²) >= 11 is 0. The smallest absolute Gasteiger partial charge is 0.314 e. The van der Waals surface area contributed by atoms with Gasteiger partial charge >= 0.3 is 5.69 Å². The minimum atomic E-state index is 0.0891. The van der Waals surface area contributed by atoms with Gasteiger partial charge in [-0.3, -0.25) is 4.57 Å². The Bertz CT molecular complexity index is 449. The number of fused-ring (bicyclic) bond motifs is 1. The van der Waals surface area contributed by atoms with Crippen molar-refractivity contribution < 1.29 is 0 Å². The molecular formula is C14H26N4O. The van der Waals surface area contributed by atoms with E-state index in [2.05, 4.69) is 24.3 Å². The first kappa shape index (κ1) is 14.3. The van der Waals surface area contributed by atoms with E-state index in [1.807, 2.05) is 4.57 Å². The molecule has 0 aliphatic carbocycles. The minimum Gasteiger partial charge on any atom is -0.314 e. The van der Waals surface area contributed by atoms with Crippen LogP contribution in [0.5, 0.6) is 0 Å². The fraction of sp³-hybridized carbons (Fsp3) is 0.857. The molecule has 1 unspecified atom stereocenters. The van der Waals surface area contributed by atoms with Crippen LogP contribution >= 0.6 is 0 Å². The molecule has 1 aromatic heterocycles. The van der Waals surface area contributed by atoms with E-state index in [9.17, 15) is 4.79 Å². The maximum atomic E-state index is 12.1. The summed E-state index contributed by atoms with van der Waals surface area (Å²) in [5, 5.41) is 7.93. The highest BCUT2D eigenvalue weighted by Crippen LogP contribution is 2.10. The molecule has 5 nitrogen and oxygen atoms in total. The number of hydrogen-bond donors (Lipinski definition) is 1. The van der Waals surface area contributed by atoms with E-state index in [1.54, 1.807) is 4.68 Å². The molecule has 0 saturated carbocycles. The zero-order valence-electron chi connectivity index (χ0n) is 12.2. The van der Waals surface area contributed by atoms with Crippen molar-refractivity contribution in [1.29, 1.82) is 0 Å². The lowest BCUT2D eigenvalue weighted by Gasteiger charge is -2.14. The quantitative estimate of drug-likeness (QED) is 0.814. The van der Waals surface area contributed by atoms with Crippen LogP contribution in [0.15, 0.2) is 4.79 Å². The van der Waals surface area contributed by atoms with Gasteiger partial charge in [0.15, 0.2) is 0 Å². The minimum absolute atomic E-state index is 0.0891. The van der Waals surface area contributed by atoms with Gasteiger partial charge in [-0.1, -0.05) is 13.8 Å². The van der Waals surface area contributed by atoms with E-state index in [0.717, 1.165) is 64.0 Å². The van der Waals surface area contributed by atoms with Gasteiger partial charge in [0.05, 0.1) is 0 Å². The number of aromatic nitrogens is 3. The van der Waals surface area contributed by atoms with Crippen LogP contribution in [0.4, 0.5) is 0 Å². The van der Waals surface area contributed by atoms with E-state index in [-0.39, 0.29) is 5.69 Å². The number of nitrogens with zero attached hydrogens (tertiary/aromatic N) is 3. The summed E-state index contributed by atoms with van der Waals surface area (Å²) in [7, 11) is 0. The molecule has 1 atom stereocenters. The molecule has 0 aromatic carbocycles. The molecule has 0 spiro atoms. The molecule has 1 N–H and O–H groups in total. The lowest BCUT2D eigenvalue weighted by molar-refractivity contribution is 0.434. The average molecular weight is 266 g/mol. The lowest BCUT2D eigenvalue weighted by atomic mass is 10.1. The van der Waals surface area contributed by atoms with E-state index in [4.69, 9.17) is 0 Å². The van der Waals surface area contributed by atoms with Gasteiger partial charge in [0.2, 0.25) is 0 Å². The normalized spacial score (nSPS) is 16.3. The summed E-state index contributed by atoms with van der Waals surface area (Å²) in [4.78, 5) is 12.1. The molecule has 19 heavy (non-hydrogen) atoms. The van der Waals surface area contributed by atoms with Gasteiger partial charge in [-0.25, -0.2) is 9.48 Å². The van der Waals surface area contributed by atoms with Crippen LogP contribution in [0.3, 0.4) is 0 Å². The molecule has 1 aliphatic heterocycles. The van der Waals surface area contributed by atoms with Gasteiger partial charge in [-0.05, 0) is 38.6 Å². The Morgan fingerprint density at radius 3 is 2.89 bits per heavy atom. The van der Waals surface area contributed by atoms with Gasteiger partial charge in [-0.15, -0.1) is 0 Å². The van der Waals surface area contributed by atoms with Crippen molar-refractivity contribution >= 4 is 0 Å². The van der Waals surface area contributed by atoms with Crippen LogP contribution < -0.4 is 11.0 Å². The van der Waals surface area contributed by atoms with Gasteiger partial charge in [0, 0.05) is 25.6 Å². The second-order valence-corrected chi connectivity index (χ2v) is 5.34. The summed E-state index contributed by atoms with van der Waals surface area (Å²) in [6, 6.07) is 0.568. The fourth-order valence-electron chi connectivity index (χ4n) is 2.82. The molecular weight excluding hydrogens is 240 g/mol. The Labute approximate surface area is 115 Å². The third-order valence-electron chi connectivity index (χ3n) is 3.94. The van der Waals surface area contributed by atoms with Crippen LogP contribution in [0.2, 0.25) is 0 Å². The molecule has 0 radical (unpaired) electrons. The molecule has 5 heteroatoms. The molecule has 2 rings (SSSR count). The Kier molecular flexibility index (Phi) is 5.19. The Balaban J connectivity index is 1.89. The first-order chi connectivity index (χ1) is 9.26. The fourth-order valence-corrected chi connectivity index (χ4v) is 2.82. The van der Waals surface area contributed by atoms with Gasteiger partial charge in [0.25, 0.3) is 0 Å². The maximum absolute atomic E-state index is 12.1. The summed E-state index contributed by atoms with van der Waals surface area (Å²) in [5.41, 5.74) is 0.0891. The number of rotatable bonds is 7. The number of nitrogens with one attached hydrogen (secondary N) is 1.